The SMILES string of the molecule is C.CC.CC.CC.CC.CC.CC.CC.CC.CC.CC.CC.CC.CC[S+]1CCC1.C[S+](C)C.C[s+]1c2ccccc2c2ccccc21.c1ccc([I+]c2ccccc2)cc1.c1ccc([S+](c2ccccc2)c2ccccc2)cc1.c1ccc2c(c1)[I+]c1ccccc1-2.c1ccc2ccccc2c1.c1ccc2ccccc2c1. The third-order valence-electron chi connectivity index (χ3n) is 14.2. The Balaban J connectivity index is -0.000000389. The van der Waals surface area contributed by atoms with E-state index in [1.165, 1.54) is 98.4 Å². The molecule has 0 unspecified atom stereocenters. The molecule has 0 spiro atoms. The first-order chi connectivity index (χ1) is 55.8. The van der Waals surface area contributed by atoms with Gasteiger partial charge in [0, 0.05) is 28.3 Å². The first-order valence-corrected chi connectivity index (χ1v) is 53.5. The second-order valence-corrected chi connectivity index (χ2v) is 36.0. The minimum absolute atomic E-state index is 0. The molecule has 16 rings (SSSR count). The van der Waals surface area contributed by atoms with E-state index < -0.39 is 0 Å². The van der Waals surface area contributed by atoms with Gasteiger partial charge in [-0.2, -0.15) is 0 Å². The van der Waals surface area contributed by atoms with Gasteiger partial charge in [-0.25, -0.2) is 0 Å². The van der Waals surface area contributed by atoms with Crippen LogP contribution in [0.25, 0.3) is 52.8 Å². The molecule has 0 amide bonds. The minimum Gasteiger partial charge on any atom is -0.0776 e. The molecule has 1 fully saturated rings. The van der Waals surface area contributed by atoms with Crippen molar-refractivity contribution in [3.63, 3.8) is 0 Å². The number of fused-ring (bicyclic) bond motifs is 8. The molecule has 620 valence electrons. The van der Waals surface area contributed by atoms with Gasteiger partial charge in [-0.1, -0.05) is 410 Å². The fourth-order valence-electron chi connectivity index (χ4n) is 9.73. The zero-order chi connectivity index (χ0) is 85.7. The largest absolute Gasteiger partial charge is 0.359 e. The number of benzene rings is 13. The minimum atomic E-state index is -0.0146. The Kier molecular flexibility index (Phi) is 83.8. The predicted octanol–water partition coefficient (Wildman–Crippen LogP) is 28.8. The molecule has 0 bridgehead atoms. The van der Waals surface area contributed by atoms with Crippen molar-refractivity contribution in [2.24, 2.45) is 6.26 Å². The van der Waals surface area contributed by atoms with Crippen molar-refractivity contribution in [2.45, 2.75) is 202 Å². The summed E-state index contributed by atoms with van der Waals surface area (Å²) in [7, 11) is 1.80. The maximum atomic E-state index is 2.31. The molecular formula is C108H156I2S4+6. The first-order valence-electron chi connectivity index (χ1n) is 42.2. The molecule has 14 aromatic rings. The van der Waals surface area contributed by atoms with Crippen molar-refractivity contribution in [2.75, 3.05) is 36.0 Å². The first kappa shape index (κ1) is 116. The lowest BCUT2D eigenvalue weighted by Gasteiger charge is -2.12. The van der Waals surface area contributed by atoms with Crippen LogP contribution in [-0.2, 0) is 38.9 Å². The molecule has 2 aliphatic rings. The summed E-state index contributed by atoms with van der Waals surface area (Å²) in [6.45, 7) is 50.3. The molecule has 13 aromatic carbocycles. The van der Waals surface area contributed by atoms with E-state index in [1.54, 1.807) is 7.14 Å². The Labute approximate surface area is 735 Å². The number of aryl methyl sites for hydroxylation is 1. The van der Waals surface area contributed by atoms with E-state index in [9.17, 15) is 0 Å². The topological polar surface area (TPSA) is 0 Å². The van der Waals surface area contributed by atoms with Crippen LogP contribution >= 0.6 is 10.5 Å². The number of hydrogen-bond acceptors (Lipinski definition) is 0. The van der Waals surface area contributed by atoms with Gasteiger partial charge in [0.05, 0.1) is 29.7 Å². The highest BCUT2D eigenvalue weighted by molar-refractivity contribution is 7.98. The highest BCUT2D eigenvalue weighted by atomic mass is 127. The summed E-state index contributed by atoms with van der Waals surface area (Å²) in [5.74, 6) is 4.52. The van der Waals surface area contributed by atoms with Crippen molar-refractivity contribution in [3.8, 4) is 11.1 Å². The van der Waals surface area contributed by atoms with Crippen molar-refractivity contribution in [1.29, 1.82) is 0 Å². The fraction of sp³-hybridized carbons (Fsp3) is 0.315. The van der Waals surface area contributed by atoms with Crippen LogP contribution in [0.15, 0.2) is 360 Å². The number of halogens is 2. The molecule has 0 radical (unpaired) electrons. The molecule has 114 heavy (non-hydrogen) atoms. The van der Waals surface area contributed by atoms with Crippen LogP contribution < -0.4 is 42.4 Å². The Bertz CT molecular complexity index is 3850. The van der Waals surface area contributed by atoms with E-state index >= 15 is 0 Å². The lowest BCUT2D eigenvalue weighted by molar-refractivity contribution is -0.597. The van der Waals surface area contributed by atoms with Gasteiger partial charge in [-0.15, -0.1) is 0 Å². The molecular weight excluding hydrogens is 1680 g/mol. The zero-order valence-electron chi connectivity index (χ0n) is 75.6. The van der Waals surface area contributed by atoms with Gasteiger partial charge in [0.2, 0.25) is 7.14 Å². The van der Waals surface area contributed by atoms with Crippen LogP contribution in [-0.4, -0.2) is 36.0 Å². The van der Waals surface area contributed by atoms with Gasteiger partial charge in [-0.05, 0) is 170 Å². The van der Waals surface area contributed by atoms with Crippen molar-refractivity contribution >= 4 is 84.9 Å². The van der Waals surface area contributed by atoms with Gasteiger partial charge in [0.25, 0.3) is 0 Å². The smallest absolute Gasteiger partial charge is 0.0776 e. The normalized spacial score (nSPS) is 9.61. The lowest BCUT2D eigenvalue weighted by Crippen LogP contribution is -3.61. The molecule has 0 N–H and O–H groups in total. The second kappa shape index (κ2) is 82.6. The third-order valence-corrected chi connectivity index (χ3v) is 26.7. The van der Waals surface area contributed by atoms with Crippen LogP contribution in [0, 0.1) is 14.3 Å². The van der Waals surface area contributed by atoms with Gasteiger partial charge in [0.1, 0.15) is 23.5 Å². The van der Waals surface area contributed by atoms with Gasteiger partial charge in [-0.3, -0.25) is 0 Å². The quantitative estimate of drug-likeness (QED) is 0.115. The number of hydrogen-bond donors (Lipinski definition) is 0. The van der Waals surface area contributed by atoms with Crippen LogP contribution in [0.1, 0.15) is 187 Å². The summed E-state index contributed by atoms with van der Waals surface area (Å²) < 4.78 is 9.09. The third kappa shape index (κ3) is 46.2. The number of rotatable bonds is 6. The molecule has 0 aliphatic carbocycles. The lowest BCUT2D eigenvalue weighted by atomic mass is 10.1. The summed E-state index contributed by atoms with van der Waals surface area (Å²) in [4.78, 5) is 4.08. The zero-order valence-corrected chi connectivity index (χ0v) is 83.2. The van der Waals surface area contributed by atoms with Crippen molar-refractivity contribution < 1.29 is 42.4 Å². The predicted molar refractivity (Wildman–Crippen MR) is 534 cm³/mol. The van der Waals surface area contributed by atoms with E-state index in [4.69, 9.17) is 0 Å². The molecule has 0 atom stereocenters. The second-order valence-electron chi connectivity index (χ2n) is 21.1. The molecule has 0 saturated carbocycles. The maximum absolute atomic E-state index is 2.31. The van der Waals surface area contributed by atoms with Gasteiger partial charge in [0.15, 0.2) is 31.2 Å². The molecule has 6 heteroatoms. The monoisotopic (exact) mass is 1830 g/mol. The Morgan fingerprint density at radius 1 is 0.281 bits per heavy atom. The maximum Gasteiger partial charge on any atom is 0.359 e. The molecule has 1 aromatic heterocycles. The van der Waals surface area contributed by atoms with E-state index in [0.717, 1.165) is 10.9 Å². The van der Waals surface area contributed by atoms with Crippen molar-refractivity contribution in [3.05, 3.63) is 360 Å². The van der Waals surface area contributed by atoms with E-state index in [1.807, 2.05) is 166 Å². The summed E-state index contributed by atoms with van der Waals surface area (Å²) in [6.07, 6.45) is 10.4. The highest BCUT2D eigenvalue weighted by Gasteiger charge is 2.32. The highest BCUT2D eigenvalue weighted by Crippen LogP contribution is 2.40. The molecule has 3 heterocycles. The Morgan fingerprint density at radius 2 is 0.491 bits per heavy atom. The van der Waals surface area contributed by atoms with E-state index in [2.05, 4.69) is 378 Å². The number of thiophene rings is 1. The van der Waals surface area contributed by atoms with Crippen LogP contribution in [0.5, 0.6) is 0 Å². The molecule has 1 saturated heterocycles. The fourth-order valence-corrected chi connectivity index (χ4v) is 20.1. The standard InChI is InChI=1S/C18H15S.C13H11S.C12H8I.C12H10I.2C10H8.C5H11S.C3H9S.12C2H6.CH4/c1-4-10-16(11-5-1)19(17-12-6-2-7-13-17)18-14-8-3-9-15-18;1-14-12-8-4-2-6-10(12)11-7-3-5-9-13(11)14;1-3-7-11-9(5-1)10-6-2-4-8-12(10)13-11;1-3-7-11(8-4-1)13-12-9-5-2-6-10-12;2*1-2-6-10-8-4-3-7-9(10)5-1;1-2-6-4-3-5-6;1-4(2)3;12*1-2;/h1-15H;2-9H,1H3;1-8H;1-10H;2*1-8H;2-5H2,1H3;1-3H3;12*1-2H3;1H4/q4*+1;;;2*+1;;;;;;;;;;;;;. The Hall–Kier alpha value is -6.89. The van der Waals surface area contributed by atoms with Gasteiger partial charge < -0.3 is 0 Å². The van der Waals surface area contributed by atoms with Crippen molar-refractivity contribution in [1.82, 2.24) is 0 Å². The van der Waals surface area contributed by atoms with E-state index in [0.29, 0.717) is 10.9 Å². The average molecular weight is 1840 g/mol. The molecule has 0 nitrogen and oxygen atoms in total. The Morgan fingerprint density at radius 3 is 0.719 bits per heavy atom. The summed E-state index contributed by atoms with van der Waals surface area (Å²) >= 11 is 0.131. The summed E-state index contributed by atoms with van der Waals surface area (Å²) in [5, 5.41) is 8.09. The summed E-state index contributed by atoms with van der Waals surface area (Å²) in [5.41, 5.74) is 2.93. The van der Waals surface area contributed by atoms with Gasteiger partial charge >= 0.3 is 42.4 Å². The molecule has 2 aliphatic heterocycles. The summed E-state index contributed by atoms with van der Waals surface area (Å²) in [6, 6.07) is 122. The van der Waals surface area contributed by atoms with Crippen LogP contribution in [0.2, 0.25) is 0 Å². The average Bonchev–Trinajstić information content (AvgIpc) is 1.63. The van der Waals surface area contributed by atoms with E-state index in [-0.39, 0.29) is 71.2 Å². The van der Waals surface area contributed by atoms with Crippen LogP contribution in [0.4, 0.5) is 0 Å². The van der Waals surface area contributed by atoms with Crippen LogP contribution in [0.3, 0.4) is 0 Å².